The molecule has 1 heterocycles. The number of amides is 1. The fraction of sp³-hybridized carbons (Fsp3) is 0.143. The lowest BCUT2D eigenvalue weighted by molar-refractivity contribution is -0.119. The first-order valence-electron chi connectivity index (χ1n) is 8.89. The van der Waals surface area contributed by atoms with E-state index in [1.807, 2.05) is 36.4 Å². The molecule has 0 aliphatic carbocycles. The molecule has 0 fully saturated rings. The van der Waals surface area contributed by atoms with Crippen LogP contribution in [0.25, 0.3) is 0 Å². The largest absolute Gasteiger partial charge is 0.457 e. The maximum Gasteiger partial charge on any atom is 0.241 e. The number of hydrogen-bond donors (Lipinski definition) is 1. The molecule has 1 N–H and O–H groups in total. The molecule has 0 aliphatic rings. The zero-order valence-electron chi connectivity index (χ0n) is 15.9. The van der Waals surface area contributed by atoms with E-state index in [9.17, 15) is 13.2 Å². The molecule has 2 aromatic carbocycles. The van der Waals surface area contributed by atoms with E-state index in [4.69, 9.17) is 4.74 Å². The van der Waals surface area contributed by atoms with E-state index in [1.165, 1.54) is 0 Å². The molecule has 0 radical (unpaired) electrons. The molecule has 0 aliphatic heterocycles. The highest BCUT2D eigenvalue weighted by Gasteiger charge is 2.21. The first-order chi connectivity index (χ1) is 13.9. The summed E-state index contributed by atoms with van der Waals surface area (Å²) in [5.41, 5.74) is 1.06. The first kappa shape index (κ1) is 20.3. The second kappa shape index (κ2) is 9.20. The van der Waals surface area contributed by atoms with Crippen LogP contribution in [-0.2, 0) is 21.4 Å². The molecule has 8 heteroatoms. The van der Waals surface area contributed by atoms with Crippen LogP contribution in [0.1, 0.15) is 5.69 Å². The van der Waals surface area contributed by atoms with E-state index < -0.39 is 15.9 Å². The summed E-state index contributed by atoms with van der Waals surface area (Å²) in [6.45, 7) is -0.105. The SMILES string of the molecule is CS(=O)(=O)N(CC(=O)NCc1ccccn1)c1ccc(Oc2ccccc2)cc1. The molecule has 150 valence electrons. The van der Waals surface area contributed by atoms with Crippen LogP contribution in [0, 0.1) is 0 Å². The minimum Gasteiger partial charge on any atom is -0.457 e. The maximum atomic E-state index is 12.3. The summed E-state index contributed by atoms with van der Waals surface area (Å²) in [4.78, 5) is 16.4. The number of hydrogen-bond acceptors (Lipinski definition) is 5. The monoisotopic (exact) mass is 411 g/mol. The second-order valence-corrected chi connectivity index (χ2v) is 8.18. The van der Waals surface area contributed by atoms with Crippen molar-refractivity contribution >= 4 is 21.6 Å². The van der Waals surface area contributed by atoms with Crippen LogP contribution in [-0.4, -0.2) is 32.1 Å². The highest BCUT2D eigenvalue weighted by molar-refractivity contribution is 7.92. The number of para-hydroxylation sites is 1. The Labute approximate surface area is 170 Å². The second-order valence-electron chi connectivity index (χ2n) is 6.28. The summed E-state index contributed by atoms with van der Waals surface area (Å²) < 4.78 is 31.2. The van der Waals surface area contributed by atoms with Gasteiger partial charge in [-0.1, -0.05) is 24.3 Å². The molecular weight excluding hydrogens is 390 g/mol. The third-order valence-corrected chi connectivity index (χ3v) is 5.12. The van der Waals surface area contributed by atoms with Crippen LogP contribution in [0.4, 0.5) is 5.69 Å². The Bertz CT molecular complexity index is 1040. The van der Waals surface area contributed by atoms with Crippen LogP contribution < -0.4 is 14.4 Å². The van der Waals surface area contributed by atoms with Gasteiger partial charge in [0.1, 0.15) is 18.0 Å². The van der Waals surface area contributed by atoms with Gasteiger partial charge in [0.15, 0.2) is 0 Å². The predicted octanol–water partition coefficient (Wildman–Crippen LogP) is 2.96. The molecule has 0 unspecified atom stereocenters. The van der Waals surface area contributed by atoms with Gasteiger partial charge in [-0.2, -0.15) is 0 Å². The van der Waals surface area contributed by atoms with Crippen molar-refractivity contribution in [1.29, 1.82) is 0 Å². The molecule has 29 heavy (non-hydrogen) atoms. The Morgan fingerprint density at radius 1 is 0.966 bits per heavy atom. The summed E-state index contributed by atoms with van der Waals surface area (Å²) in [6.07, 6.45) is 2.69. The molecule has 0 atom stereocenters. The fourth-order valence-corrected chi connectivity index (χ4v) is 3.44. The molecule has 1 aromatic heterocycles. The maximum absolute atomic E-state index is 12.3. The van der Waals surface area contributed by atoms with Crippen molar-refractivity contribution in [2.45, 2.75) is 6.54 Å². The van der Waals surface area contributed by atoms with Crippen molar-refractivity contribution in [3.63, 3.8) is 0 Å². The molecular formula is C21H21N3O4S. The van der Waals surface area contributed by atoms with E-state index in [0.29, 0.717) is 22.9 Å². The zero-order valence-corrected chi connectivity index (χ0v) is 16.7. The molecule has 1 amide bonds. The van der Waals surface area contributed by atoms with E-state index in [1.54, 1.807) is 42.6 Å². The highest BCUT2D eigenvalue weighted by atomic mass is 32.2. The third-order valence-electron chi connectivity index (χ3n) is 3.98. The number of nitrogens with one attached hydrogen (secondary N) is 1. The lowest BCUT2D eigenvalue weighted by atomic mass is 10.3. The highest BCUT2D eigenvalue weighted by Crippen LogP contribution is 2.25. The Morgan fingerprint density at radius 2 is 1.62 bits per heavy atom. The van der Waals surface area contributed by atoms with Gasteiger partial charge in [0.05, 0.1) is 24.2 Å². The number of carbonyl (C=O) groups excluding carboxylic acids is 1. The van der Waals surface area contributed by atoms with Gasteiger partial charge >= 0.3 is 0 Å². The summed E-state index contributed by atoms with van der Waals surface area (Å²) in [7, 11) is -3.65. The number of pyridine rings is 1. The van der Waals surface area contributed by atoms with Crippen LogP contribution >= 0.6 is 0 Å². The Balaban J connectivity index is 1.67. The standard InChI is InChI=1S/C21H21N3O4S/c1-29(26,27)24(16-21(25)23-15-17-7-5-6-14-22-17)18-10-12-20(13-11-18)28-19-8-3-2-4-9-19/h2-14H,15-16H2,1H3,(H,23,25). The Hall–Kier alpha value is -3.39. The number of rotatable bonds is 8. The number of nitrogens with zero attached hydrogens (tertiary/aromatic N) is 2. The predicted molar refractivity (Wildman–Crippen MR) is 111 cm³/mol. The van der Waals surface area contributed by atoms with Crippen LogP contribution in [0.2, 0.25) is 0 Å². The van der Waals surface area contributed by atoms with Gasteiger partial charge in [0.25, 0.3) is 0 Å². The van der Waals surface area contributed by atoms with Crippen LogP contribution in [0.5, 0.6) is 11.5 Å². The summed E-state index contributed by atoms with van der Waals surface area (Å²) in [5.74, 6) is 0.813. The molecule has 3 rings (SSSR count). The minimum absolute atomic E-state index is 0.223. The van der Waals surface area contributed by atoms with Gasteiger partial charge < -0.3 is 10.1 Å². The smallest absolute Gasteiger partial charge is 0.241 e. The fourth-order valence-electron chi connectivity index (χ4n) is 2.58. The summed E-state index contributed by atoms with van der Waals surface area (Å²) in [5, 5.41) is 2.68. The van der Waals surface area contributed by atoms with Crippen LogP contribution in [0.15, 0.2) is 79.0 Å². The average molecular weight is 411 g/mol. The van der Waals surface area contributed by atoms with Crippen molar-refractivity contribution in [2.75, 3.05) is 17.1 Å². The average Bonchev–Trinajstić information content (AvgIpc) is 2.72. The zero-order chi connectivity index (χ0) is 20.7. The van der Waals surface area contributed by atoms with E-state index in [0.717, 1.165) is 10.6 Å². The molecule has 0 saturated heterocycles. The van der Waals surface area contributed by atoms with Gasteiger partial charge in [-0.25, -0.2) is 8.42 Å². The number of benzene rings is 2. The Kier molecular flexibility index (Phi) is 6.46. The number of ether oxygens (including phenoxy) is 1. The number of aromatic nitrogens is 1. The Morgan fingerprint density at radius 3 is 2.24 bits per heavy atom. The topological polar surface area (TPSA) is 88.6 Å². The summed E-state index contributed by atoms with van der Waals surface area (Å²) >= 11 is 0. The molecule has 0 saturated carbocycles. The third kappa shape index (κ3) is 6.05. The first-order valence-corrected chi connectivity index (χ1v) is 10.7. The van der Waals surface area contributed by atoms with Crippen molar-refractivity contribution < 1.29 is 17.9 Å². The quantitative estimate of drug-likeness (QED) is 0.616. The van der Waals surface area contributed by atoms with Crippen molar-refractivity contribution in [3.8, 4) is 11.5 Å². The number of carbonyl (C=O) groups is 1. The van der Waals surface area contributed by atoms with Gasteiger partial charge in [0, 0.05) is 6.20 Å². The molecule has 0 bridgehead atoms. The van der Waals surface area contributed by atoms with Crippen molar-refractivity contribution in [3.05, 3.63) is 84.7 Å². The van der Waals surface area contributed by atoms with E-state index >= 15 is 0 Å². The van der Waals surface area contributed by atoms with E-state index in [2.05, 4.69) is 10.3 Å². The molecule has 7 nitrogen and oxygen atoms in total. The normalized spacial score (nSPS) is 10.9. The number of sulfonamides is 1. The van der Waals surface area contributed by atoms with Gasteiger partial charge in [-0.15, -0.1) is 0 Å². The van der Waals surface area contributed by atoms with E-state index in [-0.39, 0.29) is 13.1 Å². The molecule has 0 spiro atoms. The number of anilines is 1. The molecule has 3 aromatic rings. The van der Waals surface area contributed by atoms with Crippen LogP contribution in [0.3, 0.4) is 0 Å². The summed E-state index contributed by atoms with van der Waals surface area (Å²) in [6, 6.07) is 21.1. The van der Waals surface area contributed by atoms with Gasteiger partial charge in [0.2, 0.25) is 15.9 Å². The lowest BCUT2D eigenvalue weighted by Crippen LogP contribution is -2.40. The minimum atomic E-state index is -3.65. The lowest BCUT2D eigenvalue weighted by Gasteiger charge is -2.22. The van der Waals surface area contributed by atoms with Crippen molar-refractivity contribution in [1.82, 2.24) is 10.3 Å². The van der Waals surface area contributed by atoms with Gasteiger partial charge in [-0.05, 0) is 48.5 Å². The van der Waals surface area contributed by atoms with Gasteiger partial charge in [-0.3, -0.25) is 14.1 Å². The van der Waals surface area contributed by atoms with Crippen molar-refractivity contribution in [2.24, 2.45) is 0 Å².